The van der Waals surface area contributed by atoms with Crippen molar-refractivity contribution >= 4 is 35.2 Å². The van der Waals surface area contributed by atoms with Crippen LogP contribution in [0.15, 0.2) is 42.5 Å². The standard InChI is InChI=1S/C26H30N4O5/c1-16(2)35-26(34)29-14-17(3)30(18(4)31)22-10-9-21(13-23(22)29)19-5-7-20(8-6-19)25(33)28-12-11-27-24(32)15-28/h5-10,13,16-17H,11-12,14-15H2,1-4H3,(H,27,32)/t17-/m0/s1. The normalized spacial score (nSPS) is 17.7. The molecule has 0 bridgehead atoms. The van der Waals surface area contributed by atoms with Gasteiger partial charge in [-0.1, -0.05) is 18.2 Å². The Morgan fingerprint density at radius 2 is 1.71 bits per heavy atom. The van der Waals surface area contributed by atoms with E-state index in [1.807, 2.05) is 37.3 Å². The molecule has 2 heterocycles. The second-order valence-electron chi connectivity index (χ2n) is 9.14. The molecule has 9 nitrogen and oxygen atoms in total. The Morgan fingerprint density at radius 3 is 2.34 bits per heavy atom. The summed E-state index contributed by atoms with van der Waals surface area (Å²) in [4.78, 5) is 54.4. The van der Waals surface area contributed by atoms with Crippen LogP contribution < -0.4 is 15.1 Å². The first-order chi connectivity index (χ1) is 16.7. The summed E-state index contributed by atoms with van der Waals surface area (Å²) in [5, 5.41) is 2.71. The number of carbonyl (C=O) groups is 4. The van der Waals surface area contributed by atoms with Gasteiger partial charge in [0.2, 0.25) is 11.8 Å². The van der Waals surface area contributed by atoms with Crippen molar-refractivity contribution in [2.24, 2.45) is 0 Å². The van der Waals surface area contributed by atoms with Gasteiger partial charge in [0.1, 0.15) is 0 Å². The van der Waals surface area contributed by atoms with Gasteiger partial charge in [-0.3, -0.25) is 19.3 Å². The highest BCUT2D eigenvalue weighted by Crippen LogP contribution is 2.39. The van der Waals surface area contributed by atoms with Gasteiger partial charge in [0.15, 0.2) is 0 Å². The Kier molecular flexibility index (Phi) is 6.77. The maximum Gasteiger partial charge on any atom is 0.414 e. The Hall–Kier alpha value is -3.88. The van der Waals surface area contributed by atoms with E-state index in [0.717, 1.165) is 11.1 Å². The van der Waals surface area contributed by atoms with Gasteiger partial charge in [0.25, 0.3) is 5.91 Å². The zero-order valence-electron chi connectivity index (χ0n) is 20.4. The molecule has 35 heavy (non-hydrogen) atoms. The van der Waals surface area contributed by atoms with E-state index in [-0.39, 0.29) is 36.4 Å². The maximum absolute atomic E-state index is 12.9. The Morgan fingerprint density at radius 1 is 1.03 bits per heavy atom. The highest BCUT2D eigenvalue weighted by atomic mass is 16.6. The number of benzene rings is 2. The van der Waals surface area contributed by atoms with Crippen molar-refractivity contribution in [2.75, 3.05) is 36.0 Å². The van der Waals surface area contributed by atoms with Crippen LogP contribution in [-0.4, -0.2) is 67.0 Å². The largest absolute Gasteiger partial charge is 0.446 e. The van der Waals surface area contributed by atoms with Gasteiger partial charge in [-0.2, -0.15) is 0 Å². The van der Waals surface area contributed by atoms with Gasteiger partial charge < -0.3 is 19.9 Å². The van der Waals surface area contributed by atoms with Crippen molar-refractivity contribution in [2.45, 2.75) is 39.8 Å². The lowest BCUT2D eigenvalue weighted by atomic mass is 9.99. The van der Waals surface area contributed by atoms with Crippen molar-refractivity contribution in [1.29, 1.82) is 0 Å². The molecule has 4 rings (SSSR count). The molecule has 1 N–H and O–H groups in total. The number of nitrogens with one attached hydrogen (secondary N) is 1. The highest BCUT2D eigenvalue weighted by Gasteiger charge is 2.35. The number of hydrogen-bond acceptors (Lipinski definition) is 5. The monoisotopic (exact) mass is 478 g/mol. The van der Waals surface area contributed by atoms with Crippen LogP contribution in [0.1, 0.15) is 38.1 Å². The zero-order valence-corrected chi connectivity index (χ0v) is 20.4. The molecule has 0 radical (unpaired) electrons. The van der Waals surface area contributed by atoms with E-state index >= 15 is 0 Å². The number of piperazine rings is 1. The van der Waals surface area contributed by atoms with Crippen LogP contribution in [0.4, 0.5) is 16.2 Å². The van der Waals surface area contributed by atoms with E-state index in [9.17, 15) is 19.2 Å². The second-order valence-corrected chi connectivity index (χ2v) is 9.14. The number of hydrogen-bond donors (Lipinski definition) is 1. The minimum Gasteiger partial charge on any atom is -0.446 e. The van der Waals surface area contributed by atoms with E-state index < -0.39 is 6.09 Å². The average Bonchev–Trinajstić information content (AvgIpc) is 2.82. The molecule has 0 aromatic heterocycles. The van der Waals surface area contributed by atoms with Crippen LogP contribution >= 0.6 is 0 Å². The maximum atomic E-state index is 12.9. The quantitative estimate of drug-likeness (QED) is 0.731. The van der Waals surface area contributed by atoms with Crippen molar-refractivity contribution in [3.05, 3.63) is 48.0 Å². The third-order valence-corrected chi connectivity index (χ3v) is 6.10. The van der Waals surface area contributed by atoms with Gasteiger partial charge in [-0.25, -0.2) is 4.79 Å². The minimum absolute atomic E-state index is 0.0544. The van der Waals surface area contributed by atoms with Crippen molar-refractivity contribution in [3.63, 3.8) is 0 Å². The number of rotatable bonds is 3. The van der Waals surface area contributed by atoms with Crippen LogP contribution in [0.25, 0.3) is 11.1 Å². The first kappa shape index (κ1) is 24.3. The fraction of sp³-hybridized carbons (Fsp3) is 0.385. The van der Waals surface area contributed by atoms with Crippen LogP contribution in [0.5, 0.6) is 0 Å². The van der Waals surface area contributed by atoms with E-state index in [2.05, 4.69) is 5.32 Å². The second kappa shape index (κ2) is 9.77. The summed E-state index contributed by atoms with van der Waals surface area (Å²) in [6, 6.07) is 12.5. The van der Waals surface area contributed by atoms with Gasteiger partial charge in [0, 0.05) is 32.1 Å². The van der Waals surface area contributed by atoms with E-state index in [1.165, 1.54) is 11.8 Å². The summed E-state index contributed by atoms with van der Waals surface area (Å²) >= 11 is 0. The zero-order chi connectivity index (χ0) is 25.3. The number of nitrogens with zero attached hydrogens (tertiary/aromatic N) is 3. The molecule has 2 aromatic carbocycles. The Labute approximate surface area is 204 Å². The van der Waals surface area contributed by atoms with E-state index in [0.29, 0.717) is 36.6 Å². The molecule has 184 valence electrons. The predicted octanol–water partition coefficient (Wildman–Crippen LogP) is 3.03. The average molecular weight is 479 g/mol. The molecular formula is C26H30N4O5. The third-order valence-electron chi connectivity index (χ3n) is 6.10. The molecule has 9 heteroatoms. The topological polar surface area (TPSA) is 99.3 Å². The summed E-state index contributed by atoms with van der Waals surface area (Å²) in [6.07, 6.45) is -0.730. The molecule has 1 saturated heterocycles. The van der Waals surface area contributed by atoms with Crippen molar-refractivity contribution in [3.8, 4) is 11.1 Å². The molecular weight excluding hydrogens is 448 g/mol. The predicted molar refractivity (Wildman–Crippen MR) is 132 cm³/mol. The van der Waals surface area contributed by atoms with Crippen LogP contribution in [0, 0.1) is 0 Å². The number of fused-ring (bicyclic) bond motifs is 1. The molecule has 1 atom stereocenters. The first-order valence-corrected chi connectivity index (χ1v) is 11.7. The minimum atomic E-state index is -0.458. The number of carbonyl (C=O) groups excluding carboxylic acids is 4. The molecule has 2 aliphatic rings. The van der Waals surface area contributed by atoms with Gasteiger partial charge >= 0.3 is 6.09 Å². The summed E-state index contributed by atoms with van der Waals surface area (Å²) in [5.41, 5.74) is 3.43. The van der Waals surface area contributed by atoms with E-state index in [1.54, 1.807) is 35.8 Å². The fourth-order valence-electron chi connectivity index (χ4n) is 4.52. The van der Waals surface area contributed by atoms with Gasteiger partial charge in [-0.05, 0) is 56.2 Å². The third kappa shape index (κ3) is 4.99. The lowest BCUT2D eigenvalue weighted by Gasteiger charge is -2.40. The van der Waals surface area contributed by atoms with Crippen molar-refractivity contribution in [1.82, 2.24) is 10.2 Å². The summed E-state index contributed by atoms with van der Waals surface area (Å²) in [5.74, 6) is -0.451. The summed E-state index contributed by atoms with van der Waals surface area (Å²) < 4.78 is 5.46. The number of anilines is 2. The molecule has 1 fully saturated rings. The van der Waals surface area contributed by atoms with Crippen molar-refractivity contribution < 1.29 is 23.9 Å². The fourth-order valence-corrected chi connectivity index (χ4v) is 4.52. The van der Waals surface area contributed by atoms with Crippen LogP contribution in [0.2, 0.25) is 0 Å². The Balaban J connectivity index is 1.65. The number of amides is 4. The molecule has 0 spiro atoms. The van der Waals surface area contributed by atoms with Crippen LogP contribution in [-0.2, 0) is 14.3 Å². The molecule has 0 aliphatic carbocycles. The molecule has 2 aromatic rings. The Bertz CT molecular complexity index is 1160. The lowest BCUT2D eigenvalue weighted by Crippen LogP contribution is -2.51. The molecule has 0 unspecified atom stereocenters. The van der Waals surface area contributed by atoms with Gasteiger partial charge in [0.05, 0.1) is 30.1 Å². The number of ether oxygens (including phenoxy) is 1. The smallest absolute Gasteiger partial charge is 0.414 e. The van der Waals surface area contributed by atoms with E-state index in [4.69, 9.17) is 4.74 Å². The molecule has 2 aliphatic heterocycles. The molecule has 0 saturated carbocycles. The summed E-state index contributed by atoms with van der Waals surface area (Å²) in [6.45, 7) is 8.30. The highest BCUT2D eigenvalue weighted by molar-refractivity contribution is 6.03. The van der Waals surface area contributed by atoms with Gasteiger partial charge in [-0.15, -0.1) is 0 Å². The lowest BCUT2D eigenvalue weighted by molar-refractivity contribution is -0.123. The SMILES string of the molecule is CC(=O)N1c2ccc(-c3ccc(C(=O)N4CCNC(=O)C4)cc3)cc2N(C(=O)OC(C)C)C[C@@H]1C. The first-order valence-electron chi connectivity index (χ1n) is 11.7. The molecule has 4 amide bonds. The summed E-state index contributed by atoms with van der Waals surface area (Å²) in [7, 11) is 0. The van der Waals surface area contributed by atoms with Crippen LogP contribution in [0.3, 0.4) is 0 Å².